The highest BCUT2D eigenvalue weighted by Gasteiger charge is 2.28. The van der Waals surface area contributed by atoms with Gasteiger partial charge in [0, 0.05) is 10.6 Å². The Bertz CT molecular complexity index is 868. The second-order valence-electron chi connectivity index (χ2n) is 5.35. The number of carbonyl (C=O) groups excluding carboxylic acids is 1. The molecule has 2 aromatic rings. The molecule has 1 aliphatic rings. The first-order chi connectivity index (χ1) is 11.9. The monoisotopic (exact) mass is 545 g/mol. The largest absolute Gasteiger partial charge is 0.488 e. The van der Waals surface area contributed by atoms with Crippen LogP contribution >= 0.6 is 62.5 Å². The first kappa shape index (κ1) is 18.9. The molecule has 1 fully saturated rings. The van der Waals surface area contributed by atoms with Crippen LogP contribution in [0, 0.1) is 3.57 Å². The van der Waals surface area contributed by atoms with E-state index < -0.39 is 0 Å². The van der Waals surface area contributed by atoms with E-state index in [1.54, 1.807) is 7.05 Å². The fraction of sp³-hybridized carbons (Fsp3) is 0.111. The lowest BCUT2D eigenvalue weighted by atomic mass is 10.2. The van der Waals surface area contributed by atoms with Gasteiger partial charge in [0.25, 0.3) is 5.91 Å². The van der Waals surface area contributed by atoms with Gasteiger partial charge in [-0.1, -0.05) is 42.2 Å². The van der Waals surface area contributed by atoms with Crippen molar-refractivity contribution in [3.8, 4) is 5.75 Å². The van der Waals surface area contributed by atoms with Crippen LogP contribution in [0.1, 0.15) is 11.1 Å². The highest BCUT2D eigenvalue weighted by Crippen LogP contribution is 2.33. The van der Waals surface area contributed by atoms with Crippen LogP contribution in [-0.4, -0.2) is 22.2 Å². The molecule has 3 rings (SSSR count). The third-order valence-electron chi connectivity index (χ3n) is 3.55. The van der Waals surface area contributed by atoms with Crippen molar-refractivity contribution in [3.63, 3.8) is 0 Å². The number of thioether (sulfide) groups is 1. The van der Waals surface area contributed by atoms with Gasteiger partial charge in [-0.15, -0.1) is 0 Å². The molecule has 0 aromatic heterocycles. The summed E-state index contributed by atoms with van der Waals surface area (Å²) >= 11 is 12.3. The maximum Gasteiger partial charge on any atom is 0.265 e. The van der Waals surface area contributed by atoms with E-state index in [0.717, 1.165) is 21.3 Å². The average molecular weight is 546 g/mol. The molecule has 1 saturated heterocycles. The lowest BCUT2D eigenvalue weighted by Gasteiger charge is -2.09. The Morgan fingerprint density at radius 3 is 2.60 bits per heavy atom. The van der Waals surface area contributed by atoms with Crippen LogP contribution in [0.3, 0.4) is 0 Å². The molecule has 0 radical (unpaired) electrons. The minimum atomic E-state index is -0.0647. The molecule has 1 heterocycles. The Hall–Kier alpha value is -0.900. The molecule has 2 aromatic carbocycles. The van der Waals surface area contributed by atoms with Gasteiger partial charge in [-0.2, -0.15) is 0 Å². The molecule has 3 nitrogen and oxygen atoms in total. The summed E-state index contributed by atoms with van der Waals surface area (Å²) in [5, 5.41) is 0. The Morgan fingerprint density at radius 1 is 1.28 bits per heavy atom. The third kappa shape index (κ3) is 4.64. The zero-order valence-corrected chi connectivity index (χ0v) is 18.5. The van der Waals surface area contributed by atoms with Crippen LogP contribution in [-0.2, 0) is 11.4 Å². The molecule has 1 amide bonds. The molecule has 0 atom stereocenters. The number of likely N-dealkylation sites (N-methyl/N-ethyl adjacent to an activating group) is 1. The predicted octanol–water partition coefficient (Wildman–Crippen LogP) is 5.46. The summed E-state index contributed by atoms with van der Waals surface area (Å²) in [5.74, 6) is 0.698. The fourth-order valence-corrected chi connectivity index (χ4v) is 4.21. The van der Waals surface area contributed by atoms with Gasteiger partial charge >= 0.3 is 0 Å². The smallest absolute Gasteiger partial charge is 0.265 e. The summed E-state index contributed by atoms with van der Waals surface area (Å²) in [7, 11) is 1.69. The zero-order valence-electron chi connectivity index (χ0n) is 13.2. The summed E-state index contributed by atoms with van der Waals surface area (Å²) in [6.07, 6.45) is 1.84. The summed E-state index contributed by atoms with van der Waals surface area (Å²) in [5.41, 5.74) is 2.03. The van der Waals surface area contributed by atoms with E-state index in [0.29, 0.717) is 15.8 Å². The van der Waals surface area contributed by atoms with Crippen molar-refractivity contribution >= 4 is 78.8 Å². The number of halogens is 2. The van der Waals surface area contributed by atoms with Crippen LogP contribution in [0.2, 0.25) is 0 Å². The Morgan fingerprint density at radius 2 is 2.00 bits per heavy atom. The Balaban J connectivity index is 1.72. The molecule has 128 valence electrons. The second-order valence-corrected chi connectivity index (χ2v) is 9.12. The van der Waals surface area contributed by atoms with Crippen molar-refractivity contribution in [1.29, 1.82) is 0 Å². The van der Waals surface area contributed by atoms with Gasteiger partial charge in [-0.25, -0.2) is 0 Å². The van der Waals surface area contributed by atoms with E-state index in [9.17, 15) is 4.79 Å². The van der Waals surface area contributed by atoms with E-state index in [1.165, 1.54) is 20.2 Å². The Kier molecular flexibility index (Phi) is 6.19. The van der Waals surface area contributed by atoms with Gasteiger partial charge in [0.15, 0.2) is 0 Å². The van der Waals surface area contributed by atoms with Gasteiger partial charge in [0.1, 0.15) is 16.7 Å². The molecule has 7 heteroatoms. The molecule has 0 spiro atoms. The fourth-order valence-electron chi connectivity index (χ4n) is 2.16. The molecule has 0 saturated carbocycles. The van der Waals surface area contributed by atoms with Crippen molar-refractivity contribution in [2.24, 2.45) is 0 Å². The molecular formula is C18H13BrINO2S2. The highest BCUT2D eigenvalue weighted by molar-refractivity contribution is 14.1. The van der Waals surface area contributed by atoms with Crippen molar-refractivity contribution in [2.45, 2.75) is 6.61 Å². The number of benzene rings is 2. The van der Waals surface area contributed by atoms with Gasteiger partial charge in [0.2, 0.25) is 0 Å². The molecule has 25 heavy (non-hydrogen) atoms. The number of thiocarbonyl (C=S) groups is 1. The molecule has 0 N–H and O–H groups in total. The van der Waals surface area contributed by atoms with E-state index in [1.807, 2.05) is 24.3 Å². The Labute approximate surface area is 178 Å². The summed E-state index contributed by atoms with van der Waals surface area (Å²) in [6, 6.07) is 14.0. The maximum atomic E-state index is 12.1. The number of hydrogen-bond acceptors (Lipinski definition) is 4. The number of amides is 1. The predicted molar refractivity (Wildman–Crippen MR) is 119 cm³/mol. The van der Waals surface area contributed by atoms with Crippen molar-refractivity contribution in [2.75, 3.05) is 7.05 Å². The number of carbonyl (C=O) groups is 1. The van der Waals surface area contributed by atoms with Gasteiger partial charge in [-0.05, 0) is 80.0 Å². The molecular weight excluding hydrogens is 533 g/mol. The minimum absolute atomic E-state index is 0.0647. The SMILES string of the molecule is CN1C(=O)/C(=C/c2ccc(OCc3ccc(I)cc3)c(Br)c2)SC1=S. The number of ether oxygens (including phenoxy) is 1. The summed E-state index contributed by atoms with van der Waals surface area (Å²) < 4.78 is 8.49. The lowest BCUT2D eigenvalue weighted by molar-refractivity contribution is -0.121. The van der Waals surface area contributed by atoms with Crippen LogP contribution in [0.5, 0.6) is 5.75 Å². The van der Waals surface area contributed by atoms with Crippen molar-refractivity contribution < 1.29 is 9.53 Å². The van der Waals surface area contributed by atoms with E-state index in [2.05, 4.69) is 62.8 Å². The van der Waals surface area contributed by atoms with E-state index >= 15 is 0 Å². The normalized spacial score (nSPS) is 16.0. The first-order valence-corrected chi connectivity index (χ1v) is 10.4. The average Bonchev–Trinajstić information content (AvgIpc) is 2.83. The van der Waals surface area contributed by atoms with E-state index in [4.69, 9.17) is 17.0 Å². The standard InChI is InChI=1S/C18H13BrINO2S2/c1-21-17(22)16(25-18(21)24)9-12-4-7-15(14(19)8-12)23-10-11-2-5-13(20)6-3-11/h2-9H,10H2,1H3/b16-9-. The minimum Gasteiger partial charge on any atom is -0.488 e. The van der Waals surface area contributed by atoms with Gasteiger partial charge in [0.05, 0.1) is 9.38 Å². The molecule has 0 bridgehead atoms. The van der Waals surface area contributed by atoms with Crippen molar-refractivity contribution in [1.82, 2.24) is 4.90 Å². The summed E-state index contributed by atoms with van der Waals surface area (Å²) in [4.78, 5) is 14.2. The number of hydrogen-bond donors (Lipinski definition) is 0. The molecule has 0 aliphatic carbocycles. The highest BCUT2D eigenvalue weighted by atomic mass is 127. The zero-order chi connectivity index (χ0) is 18.0. The van der Waals surface area contributed by atoms with Crippen LogP contribution in [0.25, 0.3) is 6.08 Å². The van der Waals surface area contributed by atoms with Crippen molar-refractivity contribution in [3.05, 3.63) is 66.5 Å². The number of nitrogens with zero attached hydrogens (tertiary/aromatic N) is 1. The van der Waals surface area contributed by atoms with Crippen LogP contribution in [0.4, 0.5) is 0 Å². The molecule has 0 unspecified atom stereocenters. The summed E-state index contributed by atoms with van der Waals surface area (Å²) in [6.45, 7) is 0.503. The van der Waals surface area contributed by atoms with Crippen LogP contribution in [0.15, 0.2) is 51.8 Å². The van der Waals surface area contributed by atoms with Gasteiger partial charge < -0.3 is 4.74 Å². The van der Waals surface area contributed by atoms with E-state index in [-0.39, 0.29) is 5.91 Å². The lowest BCUT2D eigenvalue weighted by Crippen LogP contribution is -2.22. The topological polar surface area (TPSA) is 29.5 Å². The molecule has 1 aliphatic heterocycles. The van der Waals surface area contributed by atoms with Crippen LogP contribution < -0.4 is 4.74 Å². The maximum absolute atomic E-state index is 12.1. The third-order valence-corrected chi connectivity index (χ3v) is 6.37. The second kappa shape index (κ2) is 8.20. The number of rotatable bonds is 4. The van der Waals surface area contributed by atoms with Gasteiger partial charge in [-0.3, -0.25) is 9.69 Å². The quantitative estimate of drug-likeness (QED) is 0.290. The first-order valence-electron chi connectivity index (χ1n) is 7.32.